The predicted molar refractivity (Wildman–Crippen MR) is 57.0 cm³/mol. The molecule has 0 aromatic carbocycles. The van der Waals surface area contributed by atoms with E-state index in [1.54, 1.807) is 6.92 Å². The first-order valence-electron chi connectivity index (χ1n) is 5.10. The summed E-state index contributed by atoms with van der Waals surface area (Å²) in [6.45, 7) is 2.54. The monoisotopic (exact) mass is 242 g/mol. The molecule has 8 heteroatoms. The molecule has 2 N–H and O–H groups in total. The summed E-state index contributed by atoms with van der Waals surface area (Å²) in [7, 11) is 1.45. The van der Waals surface area contributed by atoms with E-state index in [0.29, 0.717) is 6.54 Å². The lowest BCUT2D eigenvalue weighted by atomic mass is 10.5. The van der Waals surface area contributed by atoms with E-state index >= 15 is 0 Å². The molecular formula is C9H14N4O4. The molecule has 0 spiro atoms. The third kappa shape index (κ3) is 2.92. The van der Waals surface area contributed by atoms with Crippen LogP contribution in [0.2, 0.25) is 0 Å². The number of hydrogen-bond acceptors (Lipinski definition) is 4. The Balaban J connectivity index is 0.000000171. The van der Waals surface area contributed by atoms with E-state index in [1.165, 1.54) is 11.9 Å². The minimum Gasteiger partial charge on any atom is -0.329 e. The van der Waals surface area contributed by atoms with Gasteiger partial charge in [0.2, 0.25) is 11.8 Å². The molecule has 17 heavy (non-hydrogen) atoms. The van der Waals surface area contributed by atoms with Crippen molar-refractivity contribution >= 4 is 23.9 Å². The zero-order valence-corrected chi connectivity index (χ0v) is 9.65. The summed E-state index contributed by atoms with van der Waals surface area (Å²) in [5.41, 5.74) is 0. The minimum absolute atomic E-state index is 0.137. The molecule has 0 saturated carbocycles. The van der Waals surface area contributed by atoms with Crippen molar-refractivity contribution < 1.29 is 19.2 Å². The zero-order chi connectivity index (χ0) is 13.0. The van der Waals surface area contributed by atoms with E-state index in [4.69, 9.17) is 0 Å². The topological polar surface area (TPSA) is 98.8 Å². The summed E-state index contributed by atoms with van der Waals surface area (Å²) >= 11 is 0. The molecule has 8 nitrogen and oxygen atoms in total. The predicted octanol–water partition coefficient (Wildman–Crippen LogP) is -1.27. The van der Waals surface area contributed by atoms with Gasteiger partial charge in [-0.25, -0.2) is 9.59 Å². The van der Waals surface area contributed by atoms with Crippen molar-refractivity contribution in [2.45, 2.75) is 6.92 Å². The molecule has 0 radical (unpaired) electrons. The van der Waals surface area contributed by atoms with Gasteiger partial charge in [0.15, 0.2) is 0 Å². The van der Waals surface area contributed by atoms with Gasteiger partial charge >= 0.3 is 12.1 Å². The second kappa shape index (κ2) is 5.28. The van der Waals surface area contributed by atoms with E-state index in [1.807, 2.05) is 0 Å². The lowest BCUT2D eigenvalue weighted by molar-refractivity contribution is -0.125. The Morgan fingerprint density at radius 1 is 1.00 bits per heavy atom. The van der Waals surface area contributed by atoms with Gasteiger partial charge in [-0.15, -0.1) is 0 Å². The first-order valence-corrected chi connectivity index (χ1v) is 5.10. The van der Waals surface area contributed by atoms with Crippen LogP contribution >= 0.6 is 0 Å². The highest BCUT2D eigenvalue weighted by Gasteiger charge is 2.26. The number of amides is 6. The lowest BCUT2D eigenvalue weighted by Gasteiger charge is -2.06. The number of urea groups is 2. The number of rotatable bonds is 1. The minimum atomic E-state index is -0.310. The Labute approximate surface area is 97.9 Å². The maximum atomic E-state index is 10.7. The molecule has 0 unspecified atom stereocenters. The summed E-state index contributed by atoms with van der Waals surface area (Å²) < 4.78 is 0. The van der Waals surface area contributed by atoms with Crippen LogP contribution in [-0.2, 0) is 9.59 Å². The third-order valence-corrected chi connectivity index (χ3v) is 2.32. The van der Waals surface area contributed by atoms with E-state index in [-0.39, 0.29) is 37.0 Å². The van der Waals surface area contributed by atoms with E-state index in [0.717, 1.165) is 4.90 Å². The molecule has 2 rings (SSSR count). The second-order valence-electron chi connectivity index (χ2n) is 3.41. The maximum absolute atomic E-state index is 10.7. The SMILES string of the molecule is CCN1C(=O)CNC1=O.CN1C(=O)CNC1=O. The van der Waals surface area contributed by atoms with Crippen LogP contribution in [0, 0.1) is 0 Å². The Morgan fingerprint density at radius 2 is 1.53 bits per heavy atom. The average molecular weight is 242 g/mol. The molecule has 0 aromatic rings. The summed E-state index contributed by atoms with van der Waals surface area (Å²) in [4.78, 5) is 44.3. The number of likely N-dealkylation sites (N-methyl/N-ethyl adjacent to an activating group) is 2. The third-order valence-electron chi connectivity index (χ3n) is 2.32. The number of nitrogens with one attached hydrogen (secondary N) is 2. The quantitative estimate of drug-likeness (QED) is 0.560. The number of hydrogen-bond donors (Lipinski definition) is 2. The molecule has 2 aliphatic heterocycles. The highest BCUT2D eigenvalue weighted by Crippen LogP contribution is 1.96. The molecule has 2 saturated heterocycles. The first-order chi connectivity index (χ1) is 7.97. The molecule has 0 atom stereocenters. The maximum Gasteiger partial charge on any atom is 0.324 e. The average Bonchev–Trinajstić information content (AvgIpc) is 2.77. The smallest absolute Gasteiger partial charge is 0.324 e. The van der Waals surface area contributed by atoms with Crippen LogP contribution in [0.3, 0.4) is 0 Å². The van der Waals surface area contributed by atoms with E-state index in [2.05, 4.69) is 10.6 Å². The second-order valence-corrected chi connectivity index (χ2v) is 3.41. The zero-order valence-electron chi connectivity index (χ0n) is 9.65. The van der Waals surface area contributed by atoms with Crippen LogP contribution in [0.1, 0.15) is 6.92 Å². The van der Waals surface area contributed by atoms with Crippen LogP contribution in [-0.4, -0.2) is 60.4 Å². The van der Waals surface area contributed by atoms with E-state index < -0.39 is 0 Å². The van der Waals surface area contributed by atoms with Crippen molar-refractivity contribution in [1.29, 1.82) is 0 Å². The molecule has 94 valence electrons. The fourth-order valence-corrected chi connectivity index (χ4v) is 1.28. The van der Waals surface area contributed by atoms with Crippen molar-refractivity contribution in [3.8, 4) is 0 Å². The summed E-state index contributed by atoms with van der Waals surface area (Å²) in [5.74, 6) is -0.308. The van der Waals surface area contributed by atoms with Crippen LogP contribution in [0.4, 0.5) is 9.59 Å². The van der Waals surface area contributed by atoms with Gasteiger partial charge in [-0.3, -0.25) is 19.4 Å². The largest absolute Gasteiger partial charge is 0.329 e. The summed E-state index contributed by atoms with van der Waals surface area (Å²) in [6, 6.07) is -0.586. The van der Waals surface area contributed by atoms with E-state index in [9.17, 15) is 19.2 Å². The number of carbonyl (C=O) groups excluding carboxylic acids is 4. The number of carbonyl (C=O) groups is 4. The first kappa shape index (κ1) is 12.9. The van der Waals surface area contributed by atoms with Gasteiger partial charge in [0.05, 0.1) is 13.1 Å². The van der Waals surface area contributed by atoms with Gasteiger partial charge in [0.1, 0.15) is 0 Å². The Hall–Kier alpha value is -2.12. The van der Waals surface area contributed by atoms with Crippen molar-refractivity contribution in [2.24, 2.45) is 0 Å². The highest BCUT2D eigenvalue weighted by atomic mass is 16.2. The van der Waals surface area contributed by atoms with Gasteiger partial charge < -0.3 is 10.6 Å². The van der Waals surface area contributed by atoms with Crippen molar-refractivity contribution in [3.63, 3.8) is 0 Å². The fourth-order valence-electron chi connectivity index (χ4n) is 1.28. The molecule has 2 heterocycles. The normalized spacial score (nSPS) is 18.9. The number of nitrogens with zero attached hydrogens (tertiary/aromatic N) is 2. The Bertz CT molecular complexity index is 336. The van der Waals surface area contributed by atoms with Crippen LogP contribution < -0.4 is 10.6 Å². The molecular weight excluding hydrogens is 228 g/mol. The summed E-state index contributed by atoms with van der Waals surface area (Å²) in [6.07, 6.45) is 0. The molecule has 0 aliphatic carbocycles. The van der Waals surface area contributed by atoms with Gasteiger partial charge in [0.25, 0.3) is 0 Å². The van der Waals surface area contributed by atoms with Crippen molar-refractivity contribution in [2.75, 3.05) is 26.7 Å². The van der Waals surface area contributed by atoms with Gasteiger partial charge in [-0.05, 0) is 6.92 Å². The van der Waals surface area contributed by atoms with Crippen LogP contribution in [0.25, 0.3) is 0 Å². The Morgan fingerprint density at radius 3 is 1.71 bits per heavy atom. The van der Waals surface area contributed by atoms with Crippen molar-refractivity contribution in [1.82, 2.24) is 20.4 Å². The fraction of sp³-hybridized carbons (Fsp3) is 0.556. The van der Waals surface area contributed by atoms with Crippen LogP contribution in [0.5, 0.6) is 0 Å². The highest BCUT2D eigenvalue weighted by molar-refractivity contribution is 6.02. The standard InChI is InChI=1S/C5H8N2O2.C4H6N2O2/c1-2-7-4(8)3-6-5(7)9;1-6-3(7)2-5-4(6)8/h2-3H2,1H3,(H,6,9);2H2,1H3,(H,5,8). The molecule has 2 aliphatic rings. The van der Waals surface area contributed by atoms with Crippen LogP contribution in [0.15, 0.2) is 0 Å². The number of imide groups is 2. The lowest BCUT2D eigenvalue weighted by Crippen LogP contribution is -2.30. The molecule has 0 aromatic heterocycles. The van der Waals surface area contributed by atoms with Gasteiger partial charge in [-0.2, -0.15) is 0 Å². The Kier molecular flexibility index (Phi) is 4.02. The van der Waals surface area contributed by atoms with Crippen molar-refractivity contribution in [3.05, 3.63) is 0 Å². The molecule has 6 amide bonds. The molecule has 0 bridgehead atoms. The van der Waals surface area contributed by atoms with Gasteiger partial charge in [0, 0.05) is 13.6 Å². The molecule has 2 fully saturated rings. The summed E-state index contributed by atoms with van der Waals surface area (Å²) in [5, 5.41) is 4.76. The van der Waals surface area contributed by atoms with Gasteiger partial charge in [-0.1, -0.05) is 0 Å².